The molecule has 0 aliphatic carbocycles. The molecular formula is C11H11BrClN3. The average molecular weight is 301 g/mol. The molecule has 2 aromatic rings. The van der Waals surface area contributed by atoms with Crippen LogP contribution in [0.5, 0.6) is 0 Å². The topological polar surface area (TPSA) is 30.7 Å². The minimum Gasteiger partial charge on any atom is -0.314 e. The van der Waals surface area contributed by atoms with Gasteiger partial charge in [-0.25, -0.2) is 0 Å². The molecule has 0 saturated carbocycles. The third-order valence-corrected chi connectivity index (χ3v) is 3.07. The van der Waals surface area contributed by atoms with Crippen LogP contribution in [-0.2, 0) is 6.54 Å². The normalized spacial score (nSPS) is 10.7. The van der Waals surface area contributed by atoms with Crippen LogP contribution in [0.2, 0.25) is 5.02 Å². The highest BCUT2D eigenvalue weighted by Gasteiger charge is 2.10. The van der Waals surface area contributed by atoms with Gasteiger partial charge in [0.05, 0.1) is 5.02 Å². The van der Waals surface area contributed by atoms with E-state index in [2.05, 4.69) is 33.1 Å². The minimum absolute atomic E-state index is 0.688. The van der Waals surface area contributed by atoms with Crippen molar-refractivity contribution in [1.29, 1.82) is 0 Å². The van der Waals surface area contributed by atoms with Crippen LogP contribution in [0.15, 0.2) is 29.0 Å². The number of nitrogens with zero attached hydrogens (tertiary/aromatic N) is 3. The maximum absolute atomic E-state index is 6.16. The van der Waals surface area contributed by atoms with E-state index in [1.54, 1.807) is 6.33 Å². The van der Waals surface area contributed by atoms with Crippen molar-refractivity contribution < 1.29 is 0 Å². The van der Waals surface area contributed by atoms with Gasteiger partial charge in [0.1, 0.15) is 6.33 Å². The van der Waals surface area contributed by atoms with E-state index in [4.69, 9.17) is 11.6 Å². The van der Waals surface area contributed by atoms with Gasteiger partial charge in [-0.3, -0.25) is 0 Å². The fraction of sp³-hybridized carbons (Fsp3) is 0.273. The molecule has 3 nitrogen and oxygen atoms in total. The van der Waals surface area contributed by atoms with Crippen molar-refractivity contribution in [3.05, 3.63) is 34.0 Å². The lowest BCUT2D eigenvalue weighted by atomic mass is 10.2. The predicted octanol–water partition coefficient (Wildman–Crippen LogP) is 3.77. The van der Waals surface area contributed by atoms with Crippen LogP contribution in [-0.4, -0.2) is 14.8 Å². The fourth-order valence-electron chi connectivity index (χ4n) is 1.54. The first-order valence-electron chi connectivity index (χ1n) is 5.05. The Hall–Kier alpha value is -0.870. The van der Waals surface area contributed by atoms with Gasteiger partial charge in [0.15, 0.2) is 5.82 Å². The smallest absolute Gasteiger partial charge is 0.165 e. The van der Waals surface area contributed by atoms with E-state index in [1.807, 2.05) is 22.8 Å². The van der Waals surface area contributed by atoms with E-state index in [9.17, 15) is 0 Å². The highest BCUT2D eigenvalue weighted by atomic mass is 79.9. The minimum atomic E-state index is 0.688. The summed E-state index contributed by atoms with van der Waals surface area (Å²) in [6.45, 7) is 3.01. The van der Waals surface area contributed by atoms with Crippen LogP contribution in [0.3, 0.4) is 0 Å². The second kappa shape index (κ2) is 4.97. The molecule has 0 aliphatic rings. The predicted molar refractivity (Wildman–Crippen MR) is 68.5 cm³/mol. The van der Waals surface area contributed by atoms with Gasteiger partial charge in [0.2, 0.25) is 0 Å². The van der Waals surface area contributed by atoms with Crippen molar-refractivity contribution in [3.8, 4) is 11.4 Å². The average Bonchev–Trinajstić information content (AvgIpc) is 2.70. The largest absolute Gasteiger partial charge is 0.314 e. The number of hydrogen-bond donors (Lipinski definition) is 0. The second-order valence-corrected chi connectivity index (χ2v) is 4.79. The molecule has 0 atom stereocenters. The van der Waals surface area contributed by atoms with Crippen molar-refractivity contribution in [3.63, 3.8) is 0 Å². The summed E-state index contributed by atoms with van der Waals surface area (Å²) in [6.07, 6.45) is 2.77. The molecule has 0 fully saturated rings. The van der Waals surface area contributed by atoms with Crippen molar-refractivity contribution in [2.75, 3.05) is 0 Å². The molecule has 0 radical (unpaired) electrons. The maximum atomic E-state index is 6.16. The summed E-state index contributed by atoms with van der Waals surface area (Å²) in [4.78, 5) is 0. The molecule has 0 spiro atoms. The van der Waals surface area contributed by atoms with Crippen molar-refractivity contribution >= 4 is 27.5 Å². The van der Waals surface area contributed by atoms with Gasteiger partial charge in [-0.15, -0.1) is 10.2 Å². The van der Waals surface area contributed by atoms with Gasteiger partial charge in [-0.2, -0.15) is 0 Å². The number of halogens is 2. The highest BCUT2D eigenvalue weighted by molar-refractivity contribution is 9.10. The Morgan fingerprint density at radius 1 is 1.44 bits per heavy atom. The number of aryl methyl sites for hydroxylation is 1. The molecule has 5 heteroatoms. The fourth-order valence-corrected chi connectivity index (χ4v) is 2.10. The van der Waals surface area contributed by atoms with Crippen LogP contribution in [0.4, 0.5) is 0 Å². The van der Waals surface area contributed by atoms with E-state index >= 15 is 0 Å². The van der Waals surface area contributed by atoms with E-state index in [1.165, 1.54) is 0 Å². The zero-order valence-electron chi connectivity index (χ0n) is 8.82. The number of aromatic nitrogens is 3. The Balaban J connectivity index is 2.49. The first-order chi connectivity index (χ1) is 7.72. The van der Waals surface area contributed by atoms with Crippen LogP contribution < -0.4 is 0 Å². The number of benzene rings is 1. The molecule has 16 heavy (non-hydrogen) atoms. The van der Waals surface area contributed by atoms with Gasteiger partial charge in [-0.05, 0) is 24.6 Å². The van der Waals surface area contributed by atoms with Crippen molar-refractivity contribution in [1.82, 2.24) is 14.8 Å². The third-order valence-electron chi connectivity index (χ3n) is 2.25. The van der Waals surface area contributed by atoms with Crippen LogP contribution >= 0.6 is 27.5 Å². The van der Waals surface area contributed by atoms with Crippen molar-refractivity contribution in [2.24, 2.45) is 0 Å². The number of hydrogen-bond acceptors (Lipinski definition) is 2. The van der Waals surface area contributed by atoms with Crippen LogP contribution in [0.25, 0.3) is 11.4 Å². The summed E-state index contributed by atoms with van der Waals surface area (Å²) < 4.78 is 2.99. The van der Waals surface area contributed by atoms with Crippen molar-refractivity contribution in [2.45, 2.75) is 19.9 Å². The molecular weight excluding hydrogens is 289 g/mol. The molecule has 0 bridgehead atoms. The number of rotatable bonds is 3. The SMILES string of the molecule is CCCn1cnnc1-c1cc(Br)ccc1Cl. The first kappa shape index (κ1) is 11.6. The van der Waals surface area contributed by atoms with E-state index < -0.39 is 0 Å². The standard InChI is InChI=1S/C11H11BrClN3/c1-2-5-16-7-14-15-11(16)9-6-8(12)3-4-10(9)13/h3-4,6-7H,2,5H2,1H3. The maximum Gasteiger partial charge on any atom is 0.165 e. The van der Waals surface area contributed by atoms with Crippen LogP contribution in [0.1, 0.15) is 13.3 Å². The molecule has 84 valence electrons. The molecule has 1 aromatic heterocycles. The lowest BCUT2D eigenvalue weighted by Crippen LogP contribution is -1.98. The van der Waals surface area contributed by atoms with Gasteiger partial charge in [0.25, 0.3) is 0 Å². The molecule has 0 N–H and O–H groups in total. The van der Waals surface area contributed by atoms with Gasteiger partial charge in [0, 0.05) is 16.6 Å². The molecule has 0 aliphatic heterocycles. The lowest BCUT2D eigenvalue weighted by molar-refractivity contribution is 0.683. The Morgan fingerprint density at radius 2 is 2.25 bits per heavy atom. The molecule has 1 heterocycles. The van der Waals surface area contributed by atoms with E-state index in [-0.39, 0.29) is 0 Å². The van der Waals surface area contributed by atoms with Crippen LogP contribution in [0, 0.1) is 0 Å². The molecule has 0 unspecified atom stereocenters. The van der Waals surface area contributed by atoms with E-state index in [0.29, 0.717) is 5.02 Å². The monoisotopic (exact) mass is 299 g/mol. The second-order valence-electron chi connectivity index (χ2n) is 3.47. The summed E-state index contributed by atoms with van der Waals surface area (Å²) in [5, 5.41) is 8.73. The zero-order chi connectivity index (χ0) is 11.5. The third kappa shape index (κ3) is 2.28. The van der Waals surface area contributed by atoms with Gasteiger partial charge in [-0.1, -0.05) is 34.5 Å². The summed E-state index contributed by atoms with van der Waals surface area (Å²) in [5.74, 6) is 0.813. The zero-order valence-corrected chi connectivity index (χ0v) is 11.2. The van der Waals surface area contributed by atoms with Gasteiger partial charge >= 0.3 is 0 Å². The molecule has 0 amide bonds. The first-order valence-corrected chi connectivity index (χ1v) is 6.22. The Labute approximate surface area is 108 Å². The highest BCUT2D eigenvalue weighted by Crippen LogP contribution is 2.29. The summed E-state index contributed by atoms with van der Waals surface area (Å²) in [7, 11) is 0. The molecule has 2 rings (SSSR count). The summed E-state index contributed by atoms with van der Waals surface area (Å²) in [6, 6.07) is 5.72. The Kier molecular flexibility index (Phi) is 3.61. The quantitative estimate of drug-likeness (QED) is 0.864. The van der Waals surface area contributed by atoms with E-state index in [0.717, 1.165) is 28.8 Å². The summed E-state index contributed by atoms with van der Waals surface area (Å²) in [5.41, 5.74) is 0.905. The Bertz CT molecular complexity index is 496. The molecule has 1 aromatic carbocycles. The lowest BCUT2D eigenvalue weighted by Gasteiger charge is -2.06. The summed E-state index contributed by atoms with van der Waals surface area (Å²) >= 11 is 9.59. The molecule has 0 saturated heterocycles. The van der Waals surface area contributed by atoms with Gasteiger partial charge < -0.3 is 4.57 Å². The Morgan fingerprint density at radius 3 is 3.00 bits per heavy atom.